The summed E-state index contributed by atoms with van der Waals surface area (Å²) in [4.78, 5) is 17.0. The molecule has 144 valence electrons. The van der Waals surface area contributed by atoms with Gasteiger partial charge in [0.05, 0.1) is 16.4 Å². The molecule has 0 atom stereocenters. The molecule has 0 aliphatic heterocycles. The first kappa shape index (κ1) is 18.6. The molecule has 9 heteroatoms. The van der Waals surface area contributed by atoms with Crippen LogP contribution in [0.2, 0.25) is 5.02 Å². The Balaban J connectivity index is 1.73. The van der Waals surface area contributed by atoms with Gasteiger partial charge < -0.3 is 16.4 Å². The number of hydrogen-bond acceptors (Lipinski definition) is 7. The number of nitrogen functional groups attached to an aromatic ring is 1. The molecule has 4 N–H and O–H groups in total. The van der Waals surface area contributed by atoms with E-state index in [4.69, 9.17) is 17.3 Å². The van der Waals surface area contributed by atoms with Crippen molar-refractivity contribution >= 4 is 40.4 Å². The number of rotatable bonds is 5. The molecule has 2 aromatic carbocycles. The summed E-state index contributed by atoms with van der Waals surface area (Å²) in [5, 5.41) is 6.25. The Morgan fingerprint density at radius 3 is 2.52 bits per heavy atom. The average Bonchev–Trinajstić information content (AvgIpc) is 2.73. The van der Waals surface area contributed by atoms with Crippen LogP contribution < -0.4 is 16.4 Å². The van der Waals surface area contributed by atoms with E-state index in [2.05, 4.69) is 30.6 Å². The minimum Gasteiger partial charge on any atom is -0.397 e. The van der Waals surface area contributed by atoms with Gasteiger partial charge in [-0.25, -0.2) is 19.3 Å². The summed E-state index contributed by atoms with van der Waals surface area (Å²) < 4.78 is 13.4. The lowest BCUT2D eigenvalue weighted by Crippen LogP contribution is -2.04. The first-order valence-electron chi connectivity index (χ1n) is 8.56. The molecule has 0 aliphatic carbocycles. The van der Waals surface area contributed by atoms with Gasteiger partial charge in [0, 0.05) is 35.4 Å². The molecule has 0 radical (unpaired) electrons. The van der Waals surface area contributed by atoms with Crippen molar-refractivity contribution in [2.75, 3.05) is 16.4 Å². The third-order valence-corrected chi connectivity index (χ3v) is 4.34. The van der Waals surface area contributed by atoms with Gasteiger partial charge in [-0.2, -0.15) is 4.98 Å². The molecule has 0 aliphatic rings. The van der Waals surface area contributed by atoms with Crippen LogP contribution in [0.3, 0.4) is 0 Å². The third kappa shape index (κ3) is 4.22. The highest BCUT2D eigenvalue weighted by atomic mass is 35.5. The SMILES string of the molecule is Nc1ccccc1Nc1nc(Nc2ccc(F)c(Cl)c2)ncc1-c1cncnc1. The van der Waals surface area contributed by atoms with E-state index in [9.17, 15) is 4.39 Å². The third-order valence-electron chi connectivity index (χ3n) is 4.05. The molecule has 7 nitrogen and oxygen atoms in total. The van der Waals surface area contributed by atoms with Crippen LogP contribution in [-0.2, 0) is 0 Å². The number of halogens is 2. The van der Waals surface area contributed by atoms with E-state index in [1.54, 1.807) is 30.7 Å². The number of nitrogens with two attached hydrogens (primary N) is 1. The van der Waals surface area contributed by atoms with Crippen LogP contribution in [0.5, 0.6) is 0 Å². The number of para-hydroxylation sites is 2. The van der Waals surface area contributed by atoms with Crippen molar-refractivity contribution in [3.05, 3.63) is 78.2 Å². The van der Waals surface area contributed by atoms with Crippen molar-refractivity contribution < 1.29 is 4.39 Å². The van der Waals surface area contributed by atoms with E-state index >= 15 is 0 Å². The van der Waals surface area contributed by atoms with E-state index in [1.807, 2.05) is 18.2 Å². The van der Waals surface area contributed by atoms with Crippen LogP contribution in [0.1, 0.15) is 0 Å². The lowest BCUT2D eigenvalue weighted by atomic mass is 10.1. The molecular formula is C20H15ClFN7. The average molecular weight is 408 g/mol. The summed E-state index contributed by atoms with van der Waals surface area (Å²) in [6.45, 7) is 0. The summed E-state index contributed by atoms with van der Waals surface area (Å²) in [6.07, 6.45) is 6.41. The van der Waals surface area contributed by atoms with Crippen LogP contribution in [0.25, 0.3) is 11.1 Å². The number of nitrogens with zero attached hydrogens (tertiary/aromatic N) is 4. The molecule has 4 rings (SSSR count). The molecule has 0 amide bonds. The molecule has 2 heterocycles. The lowest BCUT2D eigenvalue weighted by molar-refractivity contribution is 0.628. The maximum absolute atomic E-state index is 13.4. The van der Waals surface area contributed by atoms with E-state index < -0.39 is 5.82 Å². The van der Waals surface area contributed by atoms with Crippen molar-refractivity contribution in [3.63, 3.8) is 0 Å². The van der Waals surface area contributed by atoms with Gasteiger partial charge in [-0.05, 0) is 30.3 Å². The zero-order valence-corrected chi connectivity index (χ0v) is 15.7. The fourth-order valence-electron chi connectivity index (χ4n) is 2.63. The van der Waals surface area contributed by atoms with Gasteiger partial charge in [0.25, 0.3) is 0 Å². The van der Waals surface area contributed by atoms with Crippen LogP contribution in [0.4, 0.5) is 33.2 Å². The predicted octanol–water partition coefficient (Wildman–Crippen LogP) is 4.80. The van der Waals surface area contributed by atoms with Crippen molar-refractivity contribution in [1.82, 2.24) is 19.9 Å². The predicted molar refractivity (Wildman–Crippen MR) is 112 cm³/mol. The molecule has 0 bridgehead atoms. The Morgan fingerprint density at radius 2 is 1.76 bits per heavy atom. The van der Waals surface area contributed by atoms with Gasteiger partial charge in [0.1, 0.15) is 18.0 Å². The van der Waals surface area contributed by atoms with Crippen molar-refractivity contribution in [2.45, 2.75) is 0 Å². The number of benzene rings is 2. The molecule has 2 aromatic heterocycles. The van der Waals surface area contributed by atoms with Crippen LogP contribution >= 0.6 is 11.6 Å². The second-order valence-corrected chi connectivity index (χ2v) is 6.46. The second-order valence-electron chi connectivity index (χ2n) is 6.05. The summed E-state index contributed by atoms with van der Waals surface area (Å²) in [5.74, 6) is 0.299. The van der Waals surface area contributed by atoms with Crippen LogP contribution in [0, 0.1) is 5.82 Å². The van der Waals surface area contributed by atoms with Gasteiger partial charge in [-0.3, -0.25) is 0 Å². The largest absolute Gasteiger partial charge is 0.397 e. The van der Waals surface area contributed by atoms with E-state index in [1.165, 1.54) is 18.5 Å². The maximum atomic E-state index is 13.4. The number of anilines is 5. The minimum absolute atomic E-state index is 0.00321. The molecule has 29 heavy (non-hydrogen) atoms. The quantitative estimate of drug-likeness (QED) is 0.408. The van der Waals surface area contributed by atoms with Gasteiger partial charge in [-0.15, -0.1) is 0 Å². The summed E-state index contributed by atoms with van der Waals surface area (Å²) in [7, 11) is 0. The minimum atomic E-state index is -0.500. The normalized spacial score (nSPS) is 10.6. The first-order valence-corrected chi connectivity index (χ1v) is 8.94. The molecule has 0 saturated heterocycles. The lowest BCUT2D eigenvalue weighted by Gasteiger charge is -2.14. The highest BCUT2D eigenvalue weighted by molar-refractivity contribution is 6.31. The van der Waals surface area contributed by atoms with Gasteiger partial charge >= 0.3 is 0 Å². The smallest absolute Gasteiger partial charge is 0.229 e. The van der Waals surface area contributed by atoms with Gasteiger partial charge in [0.15, 0.2) is 0 Å². The number of aromatic nitrogens is 4. The molecule has 0 unspecified atom stereocenters. The summed E-state index contributed by atoms with van der Waals surface area (Å²) in [6, 6.07) is 11.6. The number of nitrogens with one attached hydrogen (secondary N) is 2. The first-order chi connectivity index (χ1) is 14.1. The highest BCUT2D eigenvalue weighted by Gasteiger charge is 2.12. The van der Waals surface area contributed by atoms with Gasteiger partial charge in [0.2, 0.25) is 5.95 Å². The molecule has 0 spiro atoms. The van der Waals surface area contributed by atoms with Crippen molar-refractivity contribution in [3.8, 4) is 11.1 Å². The highest BCUT2D eigenvalue weighted by Crippen LogP contribution is 2.31. The second kappa shape index (κ2) is 8.07. The zero-order valence-electron chi connectivity index (χ0n) is 15.0. The summed E-state index contributed by atoms with van der Waals surface area (Å²) in [5.41, 5.74) is 9.30. The standard InChI is InChI=1S/C20H15ClFN7/c21-15-7-13(5-6-16(15)22)27-20-26-10-14(12-8-24-11-25-9-12)19(29-20)28-18-4-2-1-3-17(18)23/h1-11H,23H2,(H2,26,27,28,29). The Labute approximate surface area is 170 Å². The van der Waals surface area contributed by atoms with Crippen molar-refractivity contribution in [2.24, 2.45) is 0 Å². The molecular weight excluding hydrogens is 393 g/mol. The molecule has 4 aromatic rings. The van der Waals surface area contributed by atoms with E-state index in [-0.39, 0.29) is 5.02 Å². The fourth-order valence-corrected chi connectivity index (χ4v) is 2.81. The van der Waals surface area contributed by atoms with Crippen LogP contribution in [-0.4, -0.2) is 19.9 Å². The summed E-state index contributed by atoms with van der Waals surface area (Å²) >= 11 is 5.85. The van der Waals surface area contributed by atoms with E-state index in [0.29, 0.717) is 34.4 Å². The fraction of sp³-hybridized carbons (Fsp3) is 0. The van der Waals surface area contributed by atoms with E-state index in [0.717, 1.165) is 5.56 Å². The van der Waals surface area contributed by atoms with Crippen molar-refractivity contribution in [1.29, 1.82) is 0 Å². The molecule has 0 fully saturated rings. The Morgan fingerprint density at radius 1 is 0.966 bits per heavy atom. The Hall–Kier alpha value is -3.78. The Kier molecular flexibility index (Phi) is 5.17. The van der Waals surface area contributed by atoms with Crippen LogP contribution in [0.15, 0.2) is 67.4 Å². The topological polar surface area (TPSA) is 102 Å². The van der Waals surface area contributed by atoms with Gasteiger partial charge in [-0.1, -0.05) is 23.7 Å². The zero-order chi connectivity index (χ0) is 20.2. The maximum Gasteiger partial charge on any atom is 0.229 e. The molecule has 0 saturated carbocycles. The monoisotopic (exact) mass is 407 g/mol. The Bertz CT molecular complexity index is 1150. The number of hydrogen-bond donors (Lipinski definition) is 3.